The van der Waals surface area contributed by atoms with E-state index in [1.165, 1.54) is 17.0 Å². The van der Waals surface area contributed by atoms with E-state index in [0.29, 0.717) is 23.0 Å². The maximum atomic E-state index is 13.9. The molecule has 4 rings (SSSR count). The zero-order chi connectivity index (χ0) is 20.5. The van der Waals surface area contributed by atoms with E-state index < -0.39 is 17.6 Å². The number of nitrogens with zero attached hydrogens (tertiary/aromatic N) is 3. The molecular weight excluding hydrogens is 399 g/mol. The molecule has 1 aliphatic rings. The number of aryl methyl sites for hydroxylation is 1. The lowest BCUT2D eigenvalue weighted by molar-refractivity contribution is -0.122. The average Bonchev–Trinajstić information content (AvgIpc) is 3.30. The van der Waals surface area contributed by atoms with Gasteiger partial charge >= 0.3 is 0 Å². The maximum absolute atomic E-state index is 13.9. The van der Waals surface area contributed by atoms with Crippen LogP contribution in [0.1, 0.15) is 12.3 Å². The van der Waals surface area contributed by atoms with Crippen molar-refractivity contribution in [2.45, 2.75) is 13.3 Å². The molecular formula is C20H16ClFN4O3. The van der Waals surface area contributed by atoms with Gasteiger partial charge in [-0.3, -0.25) is 9.59 Å². The van der Waals surface area contributed by atoms with E-state index in [4.69, 9.17) is 16.1 Å². The van der Waals surface area contributed by atoms with Crippen LogP contribution in [0.3, 0.4) is 0 Å². The van der Waals surface area contributed by atoms with Crippen molar-refractivity contribution in [2.75, 3.05) is 16.8 Å². The summed E-state index contributed by atoms with van der Waals surface area (Å²) in [4.78, 5) is 30.8. The van der Waals surface area contributed by atoms with Gasteiger partial charge in [-0.15, -0.1) is 0 Å². The number of amides is 2. The molecule has 2 amide bonds. The SMILES string of the molecule is Cc1nc(-c2cccc(N3CC(C(=O)Nc4ccc(Cl)cc4F)CC3=O)c2)no1. The van der Waals surface area contributed by atoms with Crippen LogP contribution in [0.25, 0.3) is 11.4 Å². The van der Waals surface area contributed by atoms with Crippen LogP contribution < -0.4 is 10.2 Å². The van der Waals surface area contributed by atoms with Gasteiger partial charge in [-0.25, -0.2) is 4.39 Å². The predicted molar refractivity (Wildman–Crippen MR) is 105 cm³/mol. The molecule has 1 N–H and O–H groups in total. The van der Waals surface area contributed by atoms with Gasteiger partial charge in [0.15, 0.2) is 0 Å². The molecule has 0 spiro atoms. The minimum absolute atomic E-state index is 0.0276. The summed E-state index contributed by atoms with van der Waals surface area (Å²) in [5, 5.41) is 6.64. The lowest BCUT2D eigenvalue weighted by atomic mass is 10.1. The number of carbonyl (C=O) groups is 2. The molecule has 0 radical (unpaired) electrons. The first-order valence-corrected chi connectivity index (χ1v) is 9.25. The van der Waals surface area contributed by atoms with Gasteiger partial charge in [0.05, 0.1) is 11.6 Å². The smallest absolute Gasteiger partial charge is 0.229 e. The van der Waals surface area contributed by atoms with Crippen molar-refractivity contribution in [1.29, 1.82) is 0 Å². The number of hydrogen-bond donors (Lipinski definition) is 1. The van der Waals surface area contributed by atoms with Crippen molar-refractivity contribution in [3.8, 4) is 11.4 Å². The van der Waals surface area contributed by atoms with E-state index >= 15 is 0 Å². The van der Waals surface area contributed by atoms with E-state index in [1.54, 1.807) is 25.1 Å². The molecule has 2 heterocycles. The number of aromatic nitrogens is 2. The molecule has 1 aliphatic heterocycles. The van der Waals surface area contributed by atoms with Crippen molar-refractivity contribution < 1.29 is 18.5 Å². The van der Waals surface area contributed by atoms with E-state index in [0.717, 1.165) is 6.07 Å². The zero-order valence-corrected chi connectivity index (χ0v) is 16.1. The standard InChI is InChI=1S/C20H16ClFN4O3/c1-11-23-19(25-29-11)12-3-2-4-15(7-12)26-10-13(8-18(26)27)20(28)24-17-6-5-14(21)9-16(17)22/h2-7,9,13H,8,10H2,1H3,(H,24,28). The van der Waals surface area contributed by atoms with Crippen molar-refractivity contribution in [1.82, 2.24) is 10.1 Å². The summed E-state index contributed by atoms with van der Waals surface area (Å²) in [7, 11) is 0. The Bertz CT molecular complexity index is 1100. The largest absolute Gasteiger partial charge is 0.339 e. The lowest BCUT2D eigenvalue weighted by Crippen LogP contribution is -2.28. The Morgan fingerprint density at radius 3 is 2.86 bits per heavy atom. The van der Waals surface area contributed by atoms with E-state index in [2.05, 4.69) is 15.5 Å². The van der Waals surface area contributed by atoms with Crippen LogP contribution in [-0.4, -0.2) is 28.5 Å². The molecule has 1 atom stereocenters. The predicted octanol–water partition coefficient (Wildman–Crippen LogP) is 3.83. The highest BCUT2D eigenvalue weighted by Gasteiger charge is 2.35. The number of carbonyl (C=O) groups excluding carboxylic acids is 2. The number of rotatable bonds is 4. The van der Waals surface area contributed by atoms with Crippen molar-refractivity contribution in [3.63, 3.8) is 0 Å². The number of halogens is 2. The molecule has 148 valence electrons. The minimum Gasteiger partial charge on any atom is -0.339 e. The average molecular weight is 415 g/mol. The fraction of sp³-hybridized carbons (Fsp3) is 0.200. The first-order chi connectivity index (χ1) is 13.9. The molecule has 2 aromatic carbocycles. The normalized spacial score (nSPS) is 16.3. The summed E-state index contributed by atoms with van der Waals surface area (Å²) in [5.74, 6) is -0.990. The maximum Gasteiger partial charge on any atom is 0.229 e. The molecule has 1 saturated heterocycles. The van der Waals surface area contributed by atoms with Gasteiger partial charge < -0.3 is 14.7 Å². The second kappa shape index (κ2) is 7.63. The quantitative estimate of drug-likeness (QED) is 0.701. The molecule has 0 aliphatic carbocycles. The summed E-state index contributed by atoms with van der Waals surface area (Å²) in [6.45, 7) is 1.88. The third-order valence-electron chi connectivity index (χ3n) is 4.63. The van der Waals surface area contributed by atoms with Gasteiger partial charge in [0.25, 0.3) is 0 Å². The fourth-order valence-electron chi connectivity index (χ4n) is 3.19. The summed E-state index contributed by atoms with van der Waals surface area (Å²) in [6, 6.07) is 11.1. The monoisotopic (exact) mass is 414 g/mol. The highest BCUT2D eigenvalue weighted by molar-refractivity contribution is 6.30. The number of anilines is 2. The van der Waals surface area contributed by atoms with Gasteiger partial charge in [-0.05, 0) is 30.3 Å². The van der Waals surface area contributed by atoms with E-state index in [-0.39, 0.29) is 29.6 Å². The summed E-state index contributed by atoms with van der Waals surface area (Å²) in [6.07, 6.45) is 0.0343. The first-order valence-electron chi connectivity index (χ1n) is 8.88. The van der Waals surface area contributed by atoms with Crippen LogP contribution in [0, 0.1) is 18.7 Å². The Morgan fingerprint density at radius 1 is 1.31 bits per heavy atom. The Balaban J connectivity index is 1.50. The molecule has 1 fully saturated rings. The van der Waals surface area contributed by atoms with Crippen molar-refractivity contribution in [3.05, 3.63) is 59.2 Å². The molecule has 0 saturated carbocycles. The molecule has 7 nitrogen and oxygen atoms in total. The summed E-state index contributed by atoms with van der Waals surface area (Å²) >= 11 is 5.73. The Morgan fingerprint density at radius 2 is 2.14 bits per heavy atom. The van der Waals surface area contributed by atoms with E-state index in [1.807, 2.05) is 6.07 Å². The highest BCUT2D eigenvalue weighted by atomic mass is 35.5. The summed E-state index contributed by atoms with van der Waals surface area (Å²) < 4.78 is 18.9. The fourth-order valence-corrected chi connectivity index (χ4v) is 3.35. The summed E-state index contributed by atoms with van der Waals surface area (Å²) in [5.41, 5.74) is 1.35. The Kier molecular flexibility index (Phi) is 5.02. The number of nitrogens with one attached hydrogen (secondary N) is 1. The highest BCUT2D eigenvalue weighted by Crippen LogP contribution is 2.29. The van der Waals surface area contributed by atoms with Gasteiger partial charge in [-0.2, -0.15) is 4.98 Å². The van der Waals surface area contributed by atoms with Gasteiger partial charge in [0.2, 0.25) is 23.5 Å². The molecule has 0 bridgehead atoms. The molecule has 3 aromatic rings. The second-order valence-corrected chi connectivity index (χ2v) is 7.14. The van der Waals surface area contributed by atoms with Crippen LogP contribution in [0.5, 0.6) is 0 Å². The van der Waals surface area contributed by atoms with Crippen LogP contribution in [-0.2, 0) is 9.59 Å². The van der Waals surface area contributed by atoms with Gasteiger partial charge in [0.1, 0.15) is 5.82 Å². The molecule has 1 unspecified atom stereocenters. The zero-order valence-electron chi connectivity index (χ0n) is 15.4. The second-order valence-electron chi connectivity index (χ2n) is 6.71. The Labute approximate surface area is 170 Å². The van der Waals surface area contributed by atoms with Crippen LogP contribution in [0.15, 0.2) is 47.0 Å². The molecule has 9 heteroatoms. The van der Waals surface area contributed by atoms with E-state index in [9.17, 15) is 14.0 Å². The van der Waals surface area contributed by atoms with Crippen molar-refractivity contribution >= 4 is 34.8 Å². The van der Waals surface area contributed by atoms with Crippen LogP contribution in [0.2, 0.25) is 5.02 Å². The minimum atomic E-state index is -0.630. The first kappa shape index (κ1) is 19.1. The molecule has 29 heavy (non-hydrogen) atoms. The van der Waals surface area contributed by atoms with Crippen molar-refractivity contribution in [2.24, 2.45) is 5.92 Å². The topological polar surface area (TPSA) is 88.3 Å². The number of hydrogen-bond acceptors (Lipinski definition) is 5. The van der Waals surface area contributed by atoms with Gasteiger partial charge in [-0.1, -0.05) is 28.9 Å². The number of benzene rings is 2. The Hall–Kier alpha value is -3.26. The van der Waals surface area contributed by atoms with Crippen LogP contribution >= 0.6 is 11.6 Å². The third kappa shape index (κ3) is 3.97. The third-order valence-corrected chi connectivity index (χ3v) is 4.86. The van der Waals surface area contributed by atoms with Gasteiger partial charge in [0, 0.05) is 36.2 Å². The lowest BCUT2D eigenvalue weighted by Gasteiger charge is -2.17. The van der Waals surface area contributed by atoms with Crippen LogP contribution in [0.4, 0.5) is 15.8 Å². The molecule has 1 aromatic heterocycles.